The highest BCUT2D eigenvalue weighted by Gasteiger charge is 2.46. The summed E-state index contributed by atoms with van der Waals surface area (Å²) in [5.41, 5.74) is 0.766. The topological polar surface area (TPSA) is 66.9 Å². The van der Waals surface area contributed by atoms with Gasteiger partial charge in [-0.25, -0.2) is 0 Å². The number of nitrogens with zero attached hydrogens (tertiary/aromatic N) is 2. The summed E-state index contributed by atoms with van der Waals surface area (Å²) in [6, 6.07) is 16.4. The molecule has 2 aliphatic heterocycles. The second kappa shape index (κ2) is 9.45. The molecular weight excluding hydrogens is 472 g/mol. The monoisotopic (exact) mass is 498 g/mol. The zero-order valence-electron chi connectivity index (χ0n) is 18.1. The molecule has 2 aromatic carbocycles. The third-order valence-electron chi connectivity index (χ3n) is 6.72. The zero-order chi connectivity index (χ0) is 22.7. The van der Waals surface area contributed by atoms with E-state index in [1.807, 2.05) is 47.4 Å². The van der Waals surface area contributed by atoms with Crippen LogP contribution >= 0.6 is 15.9 Å². The van der Waals surface area contributed by atoms with Gasteiger partial charge in [-0.3, -0.25) is 14.4 Å². The number of methoxy groups -OCH3 is 1. The molecule has 0 aromatic heterocycles. The van der Waals surface area contributed by atoms with Crippen molar-refractivity contribution in [1.29, 1.82) is 0 Å². The zero-order valence-corrected chi connectivity index (χ0v) is 19.7. The second-order valence-electron chi connectivity index (χ2n) is 8.43. The highest BCUT2D eigenvalue weighted by Crippen LogP contribution is 2.37. The predicted molar refractivity (Wildman–Crippen MR) is 124 cm³/mol. The highest BCUT2D eigenvalue weighted by molar-refractivity contribution is 9.10. The molecule has 0 aliphatic carbocycles. The fraction of sp³-hybridized carbons (Fsp3) is 0.400. The van der Waals surface area contributed by atoms with Crippen LogP contribution in [0.5, 0.6) is 0 Å². The van der Waals surface area contributed by atoms with E-state index in [1.54, 1.807) is 17.0 Å². The Morgan fingerprint density at radius 2 is 1.62 bits per heavy atom. The predicted octanol–water partition coefficient (Wildman–Crippen LogP) is 3.79. The van der Waals surface area contributed by atoms with Crippen LogP contribution in [0.25, 0.3) is 0 Å². The molecule has 6 nitrogen and oxygen atoms in total. The Kier molecular flexibility index (Phi) is 6.65. The van der Waals surface area contributed by atoms with Crippen LogP contribution in [0.2, 0.25) is 0 Å². The molecule has 2 fully saturated rings. The van der Waals surface area contributed by atoms with Gasteiger partial charge in [0.25, 0.3) is 5.91 Å². The summed E-state index contributed by atoms with van der Waals surface area (Å²) in [6.07, 6.45) is 2.48. The summed E-state index contributed by atoms with van der Waals surface area (Å²) in [7, 11) is 1.41. The number of benzene rings is 2. The van der Waals surface area contributed by atoms with Gasteiger partial charge in [-0.1, -0.05) is 46.3 Å². The minimum absolute atomic E-state index is 0.0283. The van der Waals surface area contributed by atoms with Crippen LogP contribution in [-0.2, 0) is 19.7 Å². The standard InChI is InChI=1S/C25H27BrN2O4/c1-32-24(31)25(19-6-3-2-4-7-19)13-16-27(17-14-25)23(30)21-8-5-15-28(21)22(29)18-9-11-20(26)12-10-18/h2-4,6-7,9-12,21H,5,8,13-17H2,1H3. The number of carbonyl (C=O) groups is 3. The minimum Gasteiger partial charge on any atom is -0.468 e. The summed E-state index contributed by atoms with van der Waals surface area (Å²) >= 11 is 3.39. The molecule has 2 aliphatic rings. The Bertz CT molecular complexity index is 985. The first kappa shape index (κ1) is 22.5. The summed E-state index contributed by atoms with van der Waals surface area (Å²) in [5.74, 6) is -0.401. The summed E-state index contributed by atoms with van der Waals surface area (Å²) in [6.45, 7) is 1.49. The second-order valence-corrected chi connectivity index (χ2v) is 9.34. The normalized spacial score (nSPS) is 20.1. The number of rotatable bonds is 4. The van der Waals surface area contributed by atoms with Crippen molar-refractivity contribution in [3.8, 4) is 0 Å². The molecule has 32 heavy (non-hydrogen) atoms. The van der Waals surface area contributed by atoms with E-state index in [0.29, 0.717) is 44.5 Å². The maximum Gasteiger partial charge on any atom is 0.316 e. The number of amides is 2. The molecule has 2 amide bonds. The molecule has 168 valence electrons. The molecular formula is C25H27BrN2O4. The number of likely N-dealkylation sites (tertiary alicyclic amines) is 2. The van der Waals surface area contributed by atoms with Gasteiger partial charge in [0, 0.05) is 29.7 Å². The van der Waals surface area contributed by atoms with E-state index in [1.165, 1.54) is 7.11 Å². The smallest absolute Gasteiger partial charge is 0.316 e. The SMILES string of the molecule is COC(=O)C1(c2ccccc2)CCN(C(=O)C2CCCN2C(=O)c2ccc(Br)cc2)CC1. The Balaban J connectivity index is 1.48. The van der Waals surface area contributed by atoms with Crippen LogP contribution in [-0.4, -0.2) is 60.4 Å². The van der Waals surface area contributed by atoms with Crippen LogP contribution in [0.1, 0.15) is 41.6 Å². The van der Waals surface area contributed by atoms with Crippen LogP contribution in [0.4, 0.5) is 0 Å². The molecule has 0 saturated carbocycles. The Morgan fingerprint density at radius 3 is 2.25 bits per heavy atom. The van der Waals surface area contributed by atoms with E-state index in [0.717, 1.165) is 16.5 Å². The molecule has 0 spiro atoms. The van der Waals surface area contributed by atoms with Gasteiger partial charge in [0.1, 0.15) is 6.04 Å². The van der Waals surface area contributed by atoms with E-state index in [-0.39, 0.29) is 17.8 Å². The van der Waals surface area contributed by atoms with Gasteiger partial charge in [-0.2, -0.15) is 0 Å². The first-order valence-corrected chi connectivity index (χ1v) is 11.7. The van der Waals surface area contributed by atoms with Crippen LogP contribution < -0.4 is 0 Å². The lowest BCUT2D eigenvalue weighted by Crippen LogP contribution is -2.54. The Labute approximate surface area is 196 Å². The summed E-state index contributed by atoms with van der Waals surface area (Å²) < 4.78 is 6.06. The maximum atomic E-state index is 13.4. The summed E-state index contributed by atoms with van der Waals surface area (Å²) in [5, 5.41) is 0. The van der Waals surface area contributed by atoms with E-state index in [4.69, 9.17) is 4.74 Å². The Morgan fingerprint density at radius 1 is 0.969 bits per heavy atom. The number of carbonyl (C=O) groups excluding carboxylic acids is 3. The van der Waals surface area contributed by atoms with E-state index in [9.17, 15) is 14.4 Å². The molecule has 2 saturated heterocycles. The fourth-order valence-corrected chi connectivity index (χ4v) is 5.17. The molecule has 0 N–H and O–H groups in total. The Hall–Kier alpha value is -2.67. The number of esters is 1. The summed E-state index contributed by atoms with van der Waals surface area (Å²) in [4.78, 5) is 42.7. The van der Waals surface area contributed by atoms with Gasteiger partial charge in [-0.15, -0.1) is 0 Å². The van der Waals surface area contributed by atoms with Gasteiger partial charge in [-0.05, 0) is 55.5 Å². The van der Waals surface area contributed by atoms with Crippen LogP contribution in [0, 0.1) is 0 Å². The average molecular weight is 499 g/mol. The van der Waals surface area contributed by atoms with Gasteiger partial charge >= 0.3 is 5.97 Å². The molecule has 1 atom stereocenters. The van der Waals surface area contributed by atoms with Crippen molar-refractivity contribution in [2.75, 3.05) is 26.7 Å². The van der Waals surface area contributed by atoms with Crippen molar-refractivity contribution in [3.63, 3.8) is 0 Å². The number of ether oxygens (including phenoxy) is 1. The molecule has 2 aromatic rings. The fourth-order valence-electron chi connectivity index (χ4n) is 4.91. The number of hydrogen-bond acceptors (Lipinski definition) is 4. The minimum atomic E-state index is -0.741. The van der Waals surface area contributed by atoms with Gasteiger partial charge < -0.3 is 14.5 Å². The largest absolute Gasteiger partial charge is 0.468 e. The van der Waals surface area contributed by atoms with Crippen molar-refractivity contribution < 1.29 is 19.1 Å². The lowest BCUT2D eigenvalue weighted by Gasteiger charge is -2.41. The van der Waals surface area contributed by atoms with Gasteiger partial charge in [0.2, 0.25) is 5.91 Å². The molecule has 2 heterocycles. The first-order valence-electron chi connectivity index (χ1n) is 11.0. The third kappa shape index (κ3) is 4.18. The van der Waals surface area contributed by atoms with Crippen LogP contribution in [0.15, 0.2) is 59.1 Å². The number of hydrogen-bond donors (Lipinski definition) is 0. The third-order valence-corrected chi connectivity index (χ3v) is 7.25. The molecule has 1 unspecified atom stereocenters. The average Bonchev–Trinajstić information content (AvgIpc) is 3.33. The molecule has 4 rings (SSSR count). The molecule has 7 heteroatoms. The van der Waals surface area contributed by atoms with Crippen molar-refractivity contribution in [3.05, 3.63) is 70.2 Å². The van der Waals surface area contributed by atoms with Gasteiger partial charge in [0.15, 0.2) is 0 Å². The van der Waals surface area contributed by atoms with Crippen molar-refractivity contribution in [2.24, 2.45) is 0 Å². The lowest BCUT2D eigenvalue weighted by molar-refractivity contribution is -0.152. The lowest BCUT2D eigenvalue weighted by atomic mass is 9.72. The van der Waals surface area contributed by atoms with Crippen molar-refractivity contribution in [1.82, 2.24) is 9.80 Å². The van der Waals surface area contributed by atoms with E-state index >= 15 is 0 Å². The van der Waals surface area contributed by atoms with Crippen molar-refractivity contribution >= 4 is 33.7 Å². The molecule has 0 radical (unpaired) electrons. The first-order chi connectivity index (χ1) is 15.5. The number of halogens is 1. The van der Waals surface area contributed by atoms with Gasteiger partial charge in [0.05, 0.1) is 12.5 Å². The number of piperidine rings is 1. The van der Waals surface area contributed by atoms with E-state index in [2.05, 4.69) is 15.9 Å². The van der Waals surface area contributed by atoms with E-state index < -0.39 is 11.5 Å². The highest BCUT2D eigenvalue weighted by atomic mass is 79.9. The molecule has 0 bridgehead atoms. The van der Waals surface area contributed by atoms with Crippen LogP contribution in [0.3, 0.4) is 0 Å². The quantitative estimate of drug-likeness (QED) is 0.601. The maximum absolute atomic E-state index is 13.4. The van der Waals surface area contributed by atoms with Crippen molar-refractivity contribution in [2.45, 2.75) is 37.1 Å².